The summed E-state index contributed by atoms with van der Waals surface area (Å²) in [4.78, 5) is 19.2. The molecule has 3 aromatic rings. The number of pyridine rings is 1. The summed E-state index contributed by atoms with van der Waals surface area (Å²) in [6.45, 7) is 6.93. The Hall–Kier alpha value is -3.16. The zero-order valence-corrected chi connectivity index (χ0v) is 20.6. The maximum absolute atomic E-state index is 14.0. The number of rotatable bonds is 6. The highest BCUT2D eigenvalue weighted by Crippen LogP contribution is 2.43. The number of hydrogen-bond donors (Lipinski definition) is 1. The van der Waals surface area contributed by atoms with Gasteiger partial charge in [-0.25, -0.2) is 8.78 Å². The SMILES string of the molecule is CC(C)C(=O)NC(c1ccc(CN2CCC3(CC2)OCc2ccncc23)cc1)c1ccc(F)c(F)c1. The quantitative estimate of drug-likeness (QED) is 0.512. The van der Waals surface area contributed by atoms with Crippen molar-refractivity contribution in [3.05, 3.63) is 100 Å². The van der Waals surface area contributed by atoms with Crippen LogP contribution in [0.5, 0.6) is 0 Å². The van der Waals surface area contributed by atoms with Crippen molar-refractivity contribution in [1.82, 2.24) is 15.2 Å². The molecule has 1 N–H and O–H groups in total. The molecule has 1 spiro atoms. The summed E-state index contributed by atoms with van der Waals surface area (Å²) in [5, 5.41) is 2.98. The van der Waals surface area contributed by atoms with E-state index >= 15 is 0 Å². The lowest BCUT2D eigenvalue weighted by Crippen LogP contribution is -2.42. The first-order valence-electron chi connectivity index (χ1n) is 12.5. The molecule has 1 atom stereocenters. The van der Waals surface area contributed by atoms with Gasteiger partial charge < -0.3 is 10.1 Å². The van der Waals surface area contributed by atoms with Crippen LogP contribution in [0.25, 0.3) is 0 Å². The van der Waals surface area contributed by atoms with Crippen LogP contribution in [0.15, 0.2) is 60.9 Å². The second-order valence-electron chi connectivity index (χ2n) is 10.1. The van der Waals surface area contributed by atoms with Gasteiger partial charge in [0.05, 0.1) is 18.2 Å². The standard InChI is InChI=1S/C29H31F2N3O2/c1-19(2)28(35)33-27(22-7-8-25(30)26(31)15-22)21-5-3-20(4-6-21)17-34-13-10-29(11-14-34)24-16-32-12-9-23(24)18-36-29/h3-9,12,15-16,19,27H,10-11,13-14,17-18H2,1-2H3,(H,33,35). The molecule has 2 aliphatic heterocycles. The summed E-state index contributed by atoms with van der Waals surface area (Å²) in [5.41, 5.74) is 4.75. The number of carbonyl (C=O) groups excluding carboxylic acids is 1. The van der Waals surface area contributed by atoms with Crippen LogP contribution in [-0.2, 0) is 28.3 Å². The van der Waals surface area contributed by atoms with Gasteiger partial charge in [0, 0.05) is 43.5 Å². The van der Waals surface area contributed by atoms with Gasteiger partial charge in [-0.3, -0.25) is 14.7 Å². The fourth-order valence-electron chi connectivity index (χ4n) is 5.17. The topological polar surface area (TPSA) is 54.5 Å². The molecule has 2 aliphatic rings. The van der Waals surface area contributed by atoms with Gasteiger partial charge in [0.1, 0.15) is 0 Å². The molecular formula is C29H31F2N3O2. The third kappa shape index (κ3) is 4.90. The molecule has 36 heavy (non-hydrogen) atoms. The average molecular weight is 492 g/mol. The van der Waals surface area contributed by atoms with Crippen molar-refractivity contribution in [2.24, 2.45) is 5.92 Å². The number of halogens is 2. The molecule has 1 unspecified atom stereocenters. The number of amides is 1. The van der Waals surface area contributed by atoms with Crippen molar-refractivity contribution in [1.29, 1.82) is 0 Å². The van der Waals surface area contributed by atoms with Gasteiger partial charge >= 0.3 is 0 Å². The summed E-state index contributed by atoms with van der Waals surface area (Å²) in [6.07, 6.45) is 5.65. The highest BCUT2D eigenvalue weighted by atomic mass is 19.2. The third-order valence-electron chi connectivity index (χ3n) is 7.38. The molecule has 1 saturated heterocycles. The molecule has 1 aromatic heterocycles. The minimum Gasteiger partial charge on any atom is -0.365 e. The highest BCUT2D eigenvalue weighted by molar-refractivity contribution is 5.78. The molecule has 5 nitrogen and oxygen atoms in total. The number of likely N-dealkylation sites (tertiary alicyclic amines) is 1. The van der Waals surface area contributed by atoms with E-state index in [1.54, 1.807) is 13.8 Å². The summed E-state index contributed by atoms with van der Waals surface area (Å²) in [6, 6.07) is 13.2. The normalized spacial score (nSPS) is 17.8. The van der Waals surface area contributed by atoms with E-state index in [-0.39, 0.29) is 17.4 Å². The van der Waals surface area contributed by atoms with Crippen molar-refractivity contribution in [3.63, 3.8) is 0 Å². The first-order valence-corrected chi connectivity index (χ1v) is 12.5. The molecule has 5 rings (SSSR count). The summed E-state index contributed by atoms with van der Waals surface area (Å²) in [5.74, 6) is -2.22. The van der Waals surface area contributed by atoms with E-state index in [4.69, 9.17) is 4.74 Å². The van der Waals surface area contributed by atoms with Crippen LogP contribution in [0.1, 0.15) is 60.5 Å². The van der Waals surface area contributed by atoms with Crippen LogP contribution >= 0.6 is 0 Å². The zero-order chi connectivity index (χ0) is 25.3. The number of hydrogen-bond acceptors (Lipinski definition) is 4. The van der Waals surface area contributed by atoms with E-state index < -0.39 is 17.7 Å². The molecule has 188 valence electrons. The van der Waals surface area contributed by atoms with Crippen LogP contribution in [0.2, 0.25) is 0 Å². The van der Waals surface area contributed by atoms with Gasteiger partial charge in [0.2, 0.25) is 5.91 Å². The molecule has 0 saturated carbocycles. The van der Waals surface area contributed by atoms with Gasteiger partial charge in [0.25, 0.3) is 0 Å². The fraction of sp³-hybridized carbons (Fsp3) is 0.379. The number of piperidine rings is 1. The molecular weight excluding hydrogens is 460 g/mol. The molecule has 3 heterocycles. The number of benzene rings is 2. The van der Waals surface area contributed by atoms with Crippen molar-refractivity contribution >= 4 is 5.91 Å². The van der Waals surface area contributed by atoms with E-state index in [2.05, 4.69) is 21.3 Å². The van der Waals surface area contributed by atoms with E-state index in [1.165, 1.54) is 17.2 Å². The molecule has 2 aromatic carbocycles. The molecule has 1 fully saturated rings. The van der Waals surface area contributed by atoms with Gasteiger partial charge in [-0.1, -0.05) is 44.2 Å². The minimum atomic E-state index is -0.930. The van der Waals surface area contributed by atoms with Crippen molar-refractivity contribution in [2.45, 2.75) is 51.5 Å². The van der Waals surface area contributed by atoms with Gasteiger partial charge in [-0.05, 0) is 53.3 Å². The third-order valence-corrected chi connectivity index (χ3v) is 7.38. The zero-order valence-electron chi connectivity index (χ0n) is 20.6. The number of carbonyl (C=O) groups is 1. The van der Waals surface area contributed by atoms with Crippen LogP contribution in [0.3, 0.4) is 0 Å². The Labute approximate surface area is 210 Å². The largest absolute Gasteiger partial charge is 0.365 e. The average Bonchev–Trinajstić information content (AvgIpc) is 3.24. The van der Waals surface area contributed by atoms with Crippen LogP contribution in [0.4, 0.5) is 8.78 Å². The van der Waals surface area contributed by atoms with E-state index in [1.807, 2.05) is 36.7 Å². The molecule has 1 amide bonds. The Morgan fingerprint density at radius 3 is 2.47 bits per heavy atom. The first kappa shape index (κ1) is 24.5. The highest BCUT2D eigenvalue weighted by Gasteiger charge is 2.42. The summed E-state index contributed by atoms with van der Waals surface area (Å²) < 4.78 is 33.7. The Morgan fingerprint density at radius 2 is 1.78 bits per heavy atom. The smallest absolute Gasteiger partial charge is 0.223 e. The number of nitrogens with zero attached hydrogens (tertiary/aromatic N) is 2. The molecule has 0 radical (unpaired) electrons. The second kappa shape index (κ2) is 10.1. The lowest BCUT2D eigenvalue weighted by atomic mass is 9.84. The minimum absolute atomic E-state index is 0.151. The molecule has 0 aliphatic carbocycles. The monoisotopic (exact) mass is 491 g/mol. The number of nitrogens with one attached hydrogen (secondary N) is 1. The Balaban J connectivity index is 1.27. The number of aromatic nitrogens is 1. The lowest BCUT2D eigenvalue weighted by Gasteiger charge is -2.39. The Kier molecular flexibility index (Phi) is 6.86. The van der Waals surface area contributed by atoms with Crippen LogP contribution in [-0.4, -0.2) is 28.9 Å². The van der Waals surface area contributed by atoms with Gasteiger partial charge in [-0.15, -0.1) is 0 Å². The fourth-order valence-corrected chi connectivity index (χ4v) is 5.17. The predicted octanol–water partition coefficient (Wildman–Crippen LogP) is 5.24. The second-order valence-corrected chi connectivity index (χ2v) is 10.1. The van der Waals surface area contributed by atoms with Crippen molar-refractivity contribution in [3.8, 4) is 0 Å². The van der Waals surface area contributed by atoms with Gasteiger partial charge in [0.15, 0.2) is 11.6 Å². The van der Waals surface area contributed by atoms with Gasteiger partial charge in [-0.2, -0.15) is 0 Å². The maximum Gasteiger partial charge on any atom is 0.223 e. The first-order chi connectivity index (χ1) is 17.3. The summed E-state index contributed by atoms with van der Waals surface area (Å²) in [7, 11) is 0. The van der Waals surface area contributed by atoms with Crippen molar-refractivity contribution < 1.29 is 18.3 Å². The number of ether oxygens (including phenoxy) is 1. The lowest BCUT2D eigenvalue weighted by molar-refractivity contribution is -0.124. The Bertz CT molecular complexity index is 1240. The molecule has 0 bridgehead atoms. The number of fused-ring (bicyclic) bond motifs is 2. The maximum atomic E-state index is 14.0. The van der Waals surface area contributed by atoms with Crippen LogP contribution in [0, 0.1) is 17.6 Å². The van der Waals surface area contributed by atoms with Crippen molar-refractivity contribution in [2.75, 3.05) is 13.1 Å². The summed E-state index contributed by atoms with van der Waals surface area (Å²) >= 11 is 0. The van der Waals surface area contributed by atoms with E-state index in [0.717, 1.165) is 55.7 Å². The van der Waals surface area contributed by atoms with Crippen LogP contribution < -0.4 is 5.32 Å². The molecule has 7 heteroatoms. The predicted molar refractivity (Wildman–Crippen MR) is 133 cm³/mol. The Morgan fingerprint density at radius 1 is 1.06 bits per heavy atom. The van der Waals surface area contributed by atoms with E-state index in [9.17, 15) is 13.6 Å². The van der Waals surface area contributed by atoms with E-state index in [0.29, 0.717) is 12.2 Å².